The Balaban J connectivity index is 1.18. The third kappa shape index (κ3) is 5.78. The summed E-state index contributed by atoms with van der Waals surface area (Å²) in [6.45, 7) is 0.966. The summed E-state index contributed by atoms with van der Waals surface area (Å²) >= 11 is 11.7. The van der Waals surface area contributed by atoms with Crippen molar-refractivity contribution < 1.29 is 19.4 Å². The Morgan fingerprint density at radius 2 is 1.18 bits per heavy atom. The number of carbonyl (C=O) groups excluding carboxylic acids is 2. The summed E-state index contributed by atoms with van der Waals surface area (Å²) in [5.74, 6) is 0.546. The molecule has 4 fully saturated rings. The Kier molecular flexibility index (Phi) is 7.76. The van der Waals surface area contributed by atoms with Crippen LogP contribution in [0, 0.1) is 42.9 Å². The largest absolute Gasteiger partial charge is 0.352 e. The number of nitrogens with one attached hydrogen (secondary N) is 2. The van der Waals surface area contributed by atoms with Crippen LogP contribution in [0.15, 0.2) is 36.4 Å². The Morgan fingerprint density at radius 3 is 1.55 bits per heavy atom. The summed E-state index contributed by atoms with van der Waals surface area (Å²) < 4.78 is 0. The van der Waals surface area contributed by atoms with E-state index < -0.39 is 9.85 Å². The molecule has 0 aliphatic heterocycles. The van der Waals surface area contributed by atoms with Crippen LogP contribution >= 0.6 is 23.2 Å². The Bertz CT molecular complexity index is 1270. The average Bonchev–Trinajstić information content (AvgIpc) is 2.87. The van der Waals surface area contributed by atoms with Crippen LogP contribution in [-0.2, 0) is 0 Å². The van der Waals surface area contributed by atoms with Crippen molar-refractivity contribution in [2.24, 2.45) is 22.7 Å². The summed E-state index contributed by atoms with van der Waals surface area (Å²) in [5, 5.41) is 28.2. The minimum absolute atomic E-state index is 0.00826. The molecule has 2 amide bonds. The molecule has 12 heteroatoms. The highest BCUT2D eigenvalue weighted by molar-refractivity contribution is 6.33. The Hall–Kier alpha value is -3.24. The quantitative estimate of drug-likeness (QED) is 0.245. The molecule has 0 unspecified atom stereocenters. The van der Waals surface area contributed by atoms with Crippen molar-refractivity contribution in [2.75, 3.05) is 13.1 Å². The van der Waals surface area contributed by atoms with Gasteiger partial charge in [-0.2, -0.15) is 0 Å². The molecule has 0 atom stereocenters. The van der Waals surface area contributed by atoms with Crippen molar-refractivity contribution in [3.8, 4) is 0 Å². The minimum atomic E-state index is -0.601. The zero-order valence-corrected chi connectivity index (χ0v) is 23.3. The molecule has 40 heavy (non-hydrogen) atoms. The van der Waals surface area contributed by atoms with Crippen LogP contribution in [0.2, 0.25) is 10.0 Å². The van der Waals surface area contributed by atoms with E-state index in [0.29, 0.717) is 24.9 Å². The lowest BCUT2D eigenvalue weighted by atomic mass is 9.43. The predicted octanol–water partition coefficient (Wildman–Crippen LogP) is 6.34. The summed E-state index contributed by atoms with van der Waals surface area (Å²) in [7, 11) is 0. The second kappa shape index (κ2) is 11.0. The van der Waals surface area contributed by atoms with E-state index in [1.807, 2.05) is 0 Å². The summed E-state index contributed by atoms with van der Waals surface area (Å²) in [6, 6.07) is 8.11. The SMILES string of the molecule is O=C(NCCC12CC3CC(C1)CC(CCNC(=O)c1ccc(Cl)c([N+](=O)[O-])c1)(C3)C2)c1ccc(Cl)c([N+](=O)[O-])c1. The normalized spacial score (nSPS) is 26.4. The van der Waals surface area contributed by atoms with Crippen molar-refractivity contribution in [1.82, 2.24) is 10.6 Å². The Morgan fingerprint density at radius 1 is 0.775 bits per heavy atom. The van der Waals surface area contributed by atoms with Crippen molar-refractivity contribution in [3.05, 3.63) is 77.8 Å². The molecule has 2 N–H and O–H groups in total. The number of nitro groups is 2. The second-order valence-electron chi connectivity index (χ2n) is 11.8. The first-order chi connectivity index (χ1) is 19.0. The van der Waals surface area contributed by atoms with E-state index in [2.05, 4.69) is 10.6 Å². The molecule has 6 rings (SSSR count). The number of rotatable bonds is 10. The molecule has 4 saturated carbocycles. The number of nitrogens with zero attached hydrogens (tertiary/aromatic N) is 2. The van der Waals surface area contributed by atoms with Gasteiger partial charge >= 0.3 is 0 Å². The molecule has 4 aliphatic carbocycles. The molecule has 4 aliphatic rings. The van der Waals surface area contributed by atoms with Crippen LogP contribution in [0.1, 0.15) is 72.1 Å². The van der Waals surface area contributed by atoms with E-state index >= 15 is 0 Å². The van der Waals surface area contributed by atoms with Gasteiger partial charge < -0.3 is 10.6 Å². The lowest BCUT2D eigenvalue weighted by molar-refractivity contribution is -0.384. The molecule has 0 aromatic heterocycles. The number of benzene rings is 2. The molecule has 2 aromatic rings. The van der Waals surface area contributed by atoms with Crippen molar-refractivity contribution in [3.63, 3.8) is 0 Å². The highest BCUT2D eigenvalue weighted by Gasteiger charge is 2.56. The van der Waals surface area contributed by atoms with Gasteiger partial charge in [0.05, 0.1) is 9.85 Å². The standard InChI is InChI=1S/C28H30Cl2N4O6/c29-21-3-1-19(10-23(21)33(37)38)25(35)31-7-5-27-12-17-9-18(13-27)15-28(14-17,16-27)6-8-32-26(36)20-2-4-22(30)24(11-20)34(39)40/h1-4,10-11,17-18H,5-9,12-16H2,(H,31,35)(H,32,36). The summed E-state index contributed by atoms with van der Waals surface area (Å²) in [5.41, 5.74) is 0.0889. The molecule has 212 valence electrons. The molecule has 0 spiro atoms. The van der Waals surface area contributed by atoms with Gasteiger partial charge in [-0.3, -0.25) is 29.8 Å². The first-order valence-electron chi connectivity index (χ1n) is 13.4. The average molecular weight is 589 g/mol. The molecular weight excluding hydrogens is 559 g/mol. The topological polar surface area (TPSA) is 144 Å². The van der Waals surface area contributed by atoms with Gasteiger partial charge in [-0.15, -0.1) is 0 Å². The van der Waals surface area contributed by atoms with Gasteiger partial charge in [-0.1, -0.05) is 23.2 Å². The van der Waals surface area contributed by atoms with E-state index in [9.17, 15) is 29.8 Å². The highest BCUT2D eigenvalue weighted by Crippen LogP contribution is 2.67. The fraction of sp³-hybridized carbons (Fsp3) is 0.500. The van der Waals surface area contributed by atoms with Crippen LogP contribution < -0.4 is 10.6 Å². The molecular formula is C28H30Cl2N4O6. The number of hydrogen-bond acceptors (Lipinski definition) is 6. The second-order valence-corrected chi connectivity index (χ2v) is 12.6. The van der Waals surface area contributed by atoms with E-state index in [-0.39, 0.29) is 55.2 Å². The zero-order valence-electron chi connectivity index (χ0n) is 21.8. The van der Waals surface area contributed by atoms with E-state index in [1.165, 1.54) is 42.8 Å². The van der Waals surface area contributed by atoms with Gasteiger partial charge in [0.25, 0.3) is 23.2 Å². The molecule has 0 heterocycles. The predicted molar refractivity (Wildman–Crippen MR) is 150 cm³/mol. The van der Waals surface area contributed by atoms with Crippen LogP contribution in [0.3, 0.4) is 0 Å². The molecule has 2 aromatic carbocycles. The first-order valence-corrected chi connectivity index (χ1v) is 14.2. The third-order valence-electron chi connectivity index (χ3n) is 9.00. The van der Waals surface area contributed by atoms with E-state index in [4.69, 9.17) is 23.2 Å². The number of carbonyl (C=O) groups is 2. The van der Waals surface area contributed by atoms with Crippen LogP contribution in [-0.4, -0.2) is 34.8 Å². The van der Waals surface area contributed by atoms with Crippen molar-refractivity contribution in [1.29, 1.82) is 0 Å². The monoisotopic (exact) mass is 588 g/mol. The van der Waals surface area contributed by atoms with Crippen molar-refractivity contribution in [2.45, 2.75) is 51.4 Å². The maximum Gasteiger partial charge on any atom is 0.288 e. The summed E-state index contributed by atoms with van der Waals surface area (Å²) in [6.07, 6.45) is 8.47. The number of hydrogen-bond donors (Lipinski definition) is 2. The van der Waals surface area contributed by atoms with Gasteiger partial charge in [0.1, 0.15) is 10.0 Å². The zero-order chi connectivity index (χ0) is 28.7. The fourth-order valence-corrected chi connectivity index (χ4v) is 8.28. The fourth-order valence-electron chi connectivity index (χ4n) is 7.91. The van der Waals surface area contributed by atoms with Gasteiger partial charge in [-0.05, 0) is 98.3 Å². The van der Waals surface area contributed by atoms with E-state index in [0.717, 1.165) is 44.9 Å². The lowest BCUT2D eigenvalue weighted by Gasteiger charge is -2.62. The lowest BCUT2D eigenvalue weighted by Crippen LogP contribution is -2.53. The van der Waals surface area contributed by atoms with Gasteiger partial charge in [-0.25, -0.2) is 0 Å². The summed E-state index contributed by atoms with van der Waals surface area (Å²) in [4.78, 5) is 46.6. The molecule has 0 saturated heterocycles. The van der Waals surface area contributed by atoms with Crippen LogP contribution in [0.4, 0.5) is 11.4 Å². The number of amides is 2. The molecule has 4 bridgehead atoms. The van der Waals surface area contributed by atoms with Crippen LogP contribution in [0.5, 0.6) is 0 Å². The third-order valence-corrected chi connectivity index (χ3v) is 9.63. The van der Waals surface area contributed by atoms with Gasteiger partial charge in [0.2, 0.25) is 0 Å². The number of nitro benzene ring substituents is 2. The smallest absolute Gasteiger partial charge is 0.288 e. The number of halogens is 2. The van der Waals surface area contributed by atoms with Crippen molar-refractivity contribution >= 4 is 46.4 Å². The maximum absolute atomic E-state index is 12.7. The Labute approximate surface area is 241 Å². The molecule has 0 radical (unpaired) electrons. The maximum atomic E-state index is 12.7. The van der Waals surface area contributed by atoms with Gasteiger partial charge in [0.15, 0.2) is 0 Å². The first kappa shape index (κ1) is 28.3. The molecule has 10 nitrogen and oxygen atoms in total. The van der Waals surface area contributed by atoms with Gasteiger partial charge in [0, 0.05) is 36.3 Å². The minimum Gasteiger partial charge on any atom is -0.352 e. The highest BCUT2D eigenvalue weighted by atomic mass is 35.5. The van der Waals surface area contributed by atoms with Crippen LogP contribution in [0.25, 0.3) is 0 Å². The van der Waals surface area contributed by atoms with E-state index in [1.54, 1.807) is 0 Å².